The second kappa shape index (κ2) is 7.08. The predicted octanol–water partition coefficient (Wildman–Crippen LogP) is 3.59. The number of nitrogens with zero attached hydrogens (tertiary/aromatic N) is 1. The van der Waals surface area contributed by atoms with Gasteiger partial charge in [-0.25, -0.2) is 0 Å². The van der Waals surface area contributed by atoms with E-state index in [1.165, 1.54) is 25.7 Å². The Bertz CT molecular complexity index is 809. The van der Waals surface area contributed by atoms with Gasteiger partial charge in [0.1, 0.15) is 6.54 Å². The van der Waals surface area contributed by atoms with E-state index in [0.29, 0.717) is 12.1 Å². The van der Waals surface area contributed by atoms with Crippen LogP contribution >= 0.6 is 11.8 Å². The molecule has 0 spiro atoms. The molecule has 0 saturated heterocycles. The molecular weight excluding hydrogens is 332 g/mol. The predicted molar refractivity (Wildman–Crippen MR) is 103 cm³/mol. The van der Waals surface area contributed by atoms with Crippen LogP contribution in [0.5, 0.6) is 0 Å². The van der Waals surface area contributed by atoms with Crippen molar-refractivity contribution in [2.75, 3.05) is 23.7 Å². The average Bonchev–Trinajstić information content (AvgIpc) is 3.23. The zero-order valence-corrected chi connectivity index (χ0v) is 15.0. The van der Waals surface area contributed by atoms with Gasteiger partial charge in [-0.1, -0.05) is 37.1 Å². The number of hydrogen-bond donors (Lipinski definition) is 1. The Morgan fingerprint density at radius 1 is 1.16 bits per heavy atom. The Labute approximate surface area is 152 Å². The molecule has 4 rings (SSSR count). The van der Waals surface area contributed by atoms with Crippen molar-refractivity contribution in [2.24, 2.45) is 0 Å². The summed E-state index contributed by atoms with van der Waals surface area (Å²) in [6, 6.07) is 11.6. The van der Waals surface area contributed by atoms with Crippen molar-refractivity contribution in [3.05, 3.63) is 42.0 Å². The van der Waals surface area contributed by atoms with Crippen LogP contribution < -0.4 is 10.2 Å². The highest BCUT2D eigenvalue weighted by Crippen LogP contribution is 2.36. The molecule has 0 bridgehead atoms. The van der Waals surface area contributed by atoms with Gasteiger partial charge in [0.15, 0.2) is 0 Å². The highest BCUT2D eigenvalue weighted by molar-refractivity contribution is 7.99. The van der Waals surface area contributed by atoms with Crippen molar-refractivity contribution in [3.8, 4) is 0 Å². The number of rotatable bonds is 6. The maximum Gasteiger partial charge on any atom is 0.259 e. The molecule has 1 heterocycles. The maximum absolute atomic E-state index is 12.7. The lowest BCUT2D eigenvalue weighted by atomic mass is 10.1. The standard InChI is InChI=1S/C20H22N2O2S/c23-18(21-11-12-25-15-7-1-2-8-15)13-22-17-10-4-6-14-5-3-9-16(19(14)17)20(22)24/h3-6,9-10,15H,1-2,7-8,11-13H2,(H,21,23). The number of thioether (sulfide) groups is 1. The van der Waals surface area contributed by atoms with Gasteiger partial charge in [0, 0.05) is 28.5 Å². The van der Waals surface area contributed by atoms with Crippen molar-refractivity contribution < 1.29 is 9.59 Å². The molecule has 0 atom stereocenters. The molecule has 1 aliphatic carbocycles. The third kappa shape index (κ3) is 3.25. The van der Waals surface area contributed by atoms with Crippen LogP contribution in [0.25, 0.3) is 10.8 Å². The molecule has 25 heavy (non-hydrogen) atoms. The van der Waals surface area contributed by atoms with Crippen LogP contribution in [-0.2, 0) is 4.79 Å². The molecule has 0 aromatic heterocycles. The summed E-state index contributed by atoms with van der Waals surface area (Å²) in [6.45, 7) is 0.750. The molecule has 2 aromatic rings. The number of nitrogens with one attached hydrogen (secondary N) is 1. The van der Waals surface area contributed by atoms with Crippen LogP contribution in [0.4, 0.5) is 5.69 Å². The summed E-state index contributed by atoms with van der Waals surface area (Å²) in [6.07, 6.45) is 5.30. The SMILES string of the molecule is O=C(CN1C(=O)c2cccc3cccc1c23)NCCSC1CCCC1. The quantitative estimate of drug-likeness (QED) is 0.807. The van der Waals surface area contributed by atoms with Crippen molar-refractivity contribution in [1.29, 1.82) is 0 Å². The molecule has 1 N–H and O–H groups in total. The highest BCUT2D eigenvalue weighted by atomic mass is 32.2. The summed E-state index contributed by atoms with van der Waals surface area (Å²) in [5, 5.41) is 5.73. The van der Waals surface area contributed by atoms with Crippen molar-refractivity contribution in [1.82, 2.24) is 5.32 Å². The van der Waals surface area contributed by atoms with Gasteiger partial charge in [0.2, 0.25) is 5.91 Å². The monoisotopic (exact) mass is 354 g/mol. The molecule has 1 aliphatic heterocycles. The lowest BCUT2D eigenvalue weighted by molar-refractivity contribution is -0.119. The van der Waals surface area contributed by atoms with Gasteiger partial charge >= 0.3 is 0 Å². The summed E-state index contributed by atoms with van der Waals surface area (Å²) in [5.74, 6) is 0.771. The van der Waals surface area contributed by atoms with Crippen LogP contribution in [0.2, 0.25) is 0 Å². The fraction of sp³-hybridized carbons (Fsp3) is 0.400. The molecule has 130 valence electrons. The Morgan fingerprint density at radius 3 is 2.72 bits per heavy atom. The first-order valence-electron chi connectivity index (χ1n) is 8.96. The minimum absolute atomic E-state index is 0.0812. The van der Waals surface area contributed by atoms with E-state index in [1.807, 2.05) is 48.2 Å². The largest absolute Gasteiger partial charge is 0.354 e. The van der Waals surface area contributed by atoms with E-state index in [2.05, 4.69) is 5.32 Å². The van der Waals surface area contributed by atoms with Crippen LogP contribution in [-0.4, -0.2) is 35.9 Å². The first-order chi connectivity index (χ1) is 12.2. The summed E-state index contributed by atoms with van der Waals surface area (Å²) in [7, 11) is 0. The van der Waals surface area contributed by atoms with Crippen molar-refractivity contribution in [2.45, 2.75) is 30.9 Å². The summed E-state index contributed by atoms with van der Waals surface area (Å²) in [5.41, 5.74) is 1.53. The van der Waals surface area contributed by atoms with Gasteiger partial charge < -0.3 is 5.32 Å². The molecule has 1 fully saturated rings. The van der Waals surface area contributed by atoms with Gasteiger partial charge in [-0.05, 0) is 30.4 Å². The number of carbonyl (C=O) groups is 2. The van der Waals surface area contributed by atoms with Crippen LogP contribution in [0, 0.1) is 0 Å². The van der Waals surface area contributed by atoms with Gasteiger partial charge in [0.25, 0.3) is 5.91 Å². The van der Waals surface area contributed by atoms with E-state index in [4.69, 9.17) is 0 Å². The summed E-state index contributed by atoms with van der Waals surface area (Å²) >= 11 is 1.96. The van der Waals surface area contributed by atoms with Gasteiger partial charge in [0.05, 0.1) is 5.69 Å². The van der Waals surface area contributed by atoms with Crippen molar-refractivity contribution >= 4 is 40.0 Å². The lowest BCUT2D eigenvalue weighted by Crippen LogP contribution is -2.39. The fourth-order valence-corrected chi connectivity index (χ4v) is 5.03. The summed E-state index contributed by atoms with van der Waals surface area (Å²) in [4.78, 5) is 26.5. The molecule has 0 radical (unpaired) electrons. The van der Waals surface area contributed by atoms with Gasteiger partial charge in [-0.15, -0.1) is 0 Å². The Morgan fingerprint density at radius 2 is 1.92 bits per heavy atom. The molecule has 2 aliphatic rings. The molecule has 1 saturated carbocycles. The third-order valence-electron chi connectivity index (χ3n) is 5.03. The molecular formula is C20H22N2O2S. The number of benzene rings is 2. The Hall–Kier alpha value is -2.01. The van der Waals surface area contributed by atoms with Crippen LogP contribution in [0.1, 0.15) is 36.0 Å². The molecule has 5 heteroatoms. The lowest BCUT2D eigenvalue weighted by Gasteiger charge is -2.17. The van der Waals surface area contributed by atoms with Crippen LogP contribution in [0.15, 0.2) is 36.4 Å². The Balaban J connectivity index is 1.36. The highest BCUT2D eigenvalue weighted by Gasteiger charge is 2.30. The minimum Gasteiger partial charge on any atom is -0.354 e. The first-order valence-corrected chi connectivity index (χ1v) is 10.0. The van der Waals surface area contributed by atoms with Crippen LogP contribution in [0.3, 0.4) is 0 Å². The topological polar surface area (TPSA) is 49.4 Å². The van der Waals surface area contributed by atoms with Crippen molar-refractivity contribution in [3.63, 3.8) is 0 Å². The normalized spacial score (nSPS) is 16.8. The van der Waals surface area contributed by atoms with E-state index < -0.39 is 0 Å². The van der Waals surface area contributed by atoms with E-state index in [1.54, 1.807) is 4.90 Å². The zero-order valence-electron chi connectivity index (χ0n) is 14.2. The molecule has 2 amide bonds. The van der Waals surface area contributed by atoms with E-state index in [0.717, 1.165) is 27.5 Å². The van der Waals surface area contributed by atoms with Gasteiger partial charge in [-0.2, -0.15) is 11.8 Å². The molecule has 2 aromatic carbocycles. The van der Waals surface area contributed by atoms with E-state index in [-0.39, 0.29) is 18.4 Å². The Kier molecular flexibility index (Phi) is 4.66. The number of amides is 2. The number of hydrogen-bond acceptors (Lipinski definition) is 3. The fourth-order valence-electron chi connectivity index (χ4n) is 3.81. The average molecular weight is 354 g/mol. The number of carbonyl (C=O) groups excluding carboxylic acids is 2. The second-order valence-electron chi connectivity index (χ2n) is 6.70. The third-order valence-corrected chi connectivity index (χ3v) is 6.41. The van der Waals surface area contributed by atoms with E-state index in [9.17, 15) is 9.59 Å². The first kappa shape index (κ1) is 16.5. The maximum atomic E-state index is 12.7. The number of anilines is 1. The minimum atomic E-state index is -0.0924. The smallest absolute Gasteiger partial charge is 0.259 e. The van der Waals surface area contributed by atoms with Gasteiger partial charge in [-0.3, -0.25) is 14.5 Å². The zero-order chi connectivity index (χ0) is 17.2. The summed E-state index contributed by atoms with van der Waals surface area (Å²) < 4.78 is 0. The van der Waals surface area contributed by atoms with E-state index >= 15 is 0 Å². The molecule has 4 nitrogen and oxygen atoms in total. The molecule has 0 unspecified atom stereocenters. The second-order valence-corrected chi connectivity index (χ2v) is 8.11.